The third-order valence-corrected chi connectivity index (χ3v) is 3.22. The van der Waals surface area contributed by atoms with Crippen molar-refractivity contribution in [2.24, 2.45) is 5.92 Å². The minimum Gasteiger partial charge on any atom is -0.478 e. The Morgan fingerprint density at radius 3 is 1.96 bits per heavy atom. The van der Waals surface area contributed by atoms with Crippen LogP contribution in [0, 0.1) is 5.92 Å². The topological polar surface area (TPSA) is 92.7 Å². The van der Waals surface area contributed by atoms with Crippen LogP contribution < -0.4 is 10.1 Å². The fourth-order valence-corrected chi connectivity index (χ4v) is 1.81. The third kappa shape index (κ3) is 4.42. The Bertz CT molecular complexity index is 748. The van der Waals surface area contributed by atoms with Crippen LogP contribution in [-0.4, -0.2) is 23.0 Å². The zero-order valence-electron chi connectivity index (χ0n) is 13.3. The molecule has 2 N–H and O–H groups in total. The zero-order chi connectivity index (χ0) is 17.7. The van der Waals surface area contributed by atoms with E-state index in [2.05, 4.69) is 5.32 Å². The number of benzene rings is 2. The summed E-state index contributed by atoms with van der Waals surface area (Å²) in [5, 5.41) is 11.5. The van der Waals surface area contributed by atoms with Crippen LogP contribution in [0.15, 0.2) is 48.5 Å². The van der Waals surface area contributed by atoms with E-state index in [1.54, 1.807) is 38.1 Å². The fraction of sp³-hybridized carbons (Fsp3) is 0.167. The number of nitrogens with one attached hydrogen (secondary N) is 1. The molecule has 0 radical (unpaired) electrons. The van der Waals surface area contributed by atoms with E-state index in [1.165, 1.54) is 24.3 Å². The molecule has 0 saturated heterocycles. The normalized spacial score (nSPS) is 10.3. The minimum atomic E-state index is -1.05. The second-order valence-electron chi connectivity index (χ2n) is 5.44. The van der Waals surface area contributed by atoms with Gasteiger partial charge in [0.2, 0.25) is 5.91 Å². The van der Waals surface area contributed by atoms with E-state index in [0.717, 1.165) is 0 Å². The molecule has 124 valence electrons. The van der Waals surface area contributed by atoms with Gasteiger partial charge in [0.25, 0.3) is 0 Å². The van der Waals surface area contributed by atoms with Gasteiger partial charge in [-0.25, -0.2) is 9.59 Å². The monoisotopic (exact) mass is 327 g/mol. The Hall–Kier alpha value is -3.15. The first-order chi connectivity index (χ1) is 11.4. The van der Waals surface area contributed by atoms with Crippen molar-refractivity contribution < 1.29 is 24.2 Å². The standard InChI is InChI=1S/C18H17NO5/c1-11(2)16(20)19-14-7-3-13(4-8-14)18(23)24-15-9-5-12(6-10-15)17(21)22/h3-11H,1-2H3,(H,19,20)(H,21,22). The van der Waals surface area contributed by atoms with Crippen molar-refractivity contribution >= 4 is 23.5 Å². The number of carboxylic acid groups (broad SMARTS) is 1. The molecule has 2 aromatic rings. The number of amides is 1. The number of carbonyl (C=O) groups is 3. The second kappa shape index (κ2) is 7.41. The number of esters is 1. The summed E-state index contributed by atoms with van der Waals surface area (Å²) in [6.45, 7) is 3.58. The van der Waals surface area contributed by atoms with Gasteiger partial charge in [0.1, 0.15) is 5.75 Å². The van der Waals surface area contributed by atoms with Crippen LogP contribution in [0.3, 0.4) is 0 Å². The number of anilines is 1. The lowest BCUT2D eigenvalue weighted by Gasteiger charge is -2.08. The Kier molecular flexibility index (Phi) is 5.31. The first-order valence-corrected chi connectivity index (χ1v) is 7.33. The molecule has 2 aromatic carbocycles. The smallest absolute Gasteiger partial charge is 0.343 e. The van der Waals surface area contributed by atoms with Gasteiger partial charge in [0.05, 0.1) is 11.1 Å². The Balaban J connectivity index is 2.02. The molecule has 6 nitrogen and oxygen atoms in total. The van der Waals surface area contributed by atoms with E-state index < -0.39 is 11.9 Å². The summed E-state index contributed by atoms with van der Waals surface area (Å²) < 4.78 is 5.18. The molecule has 0 aliphatic carbocycles. The van der Waals surface area contributed by atoms with Gasteiger partial charge in [0.15, 0.2) is 0 Å². The Morgan fingerprint density at radius 1 is 0.917 bits per heavy atom. The SMILES string of the molecule is CC(C)C(=O)Nc1ccc(C(=O)Oc2ccc(C(=O)O)cc2)cc1. The van der Waals surface area contributed by atoms with Crippen molar-refractivity contribution in [1.82, 2.24) is 0 Å². The van der Waals surface area contributed by atoms with Crippen LogP contribution in [0.2, 0.25) is 0 Å². The number of hydrogen-bond donors (Lipinski definition) is 2. The Morgan fingerprint density at radius 2 is 1.46 bits per heavy atom. The molecule has 2 rings (SSSR count). The molecule has 6 heteroatoms. The summed E-state index contributed by atoms with van der Waals surface area (Å²) in [6.07, 6.45) is 0. The number of carbonyl (C=O) groups excluding carboxylic acids is 2. The van der Waals surface area contributed by atoms with Gasteiger partial charge in [-0.1, -0.05) is 13.8 Å². The van der Waals surface area contributed by atoms with E-state index in [-0.39, 0.29) is 23.1 Å². The number of ether oxygens (including phenoxy) is 1. The molecule has 0 spiro atoms. The highest BCUT2D eigenvalue weighted by Crippen LogP contribution is 2.16. The van der Waals surface area contributed by atoms with Gasteiger partial charge >= 0.3 is 11.9 Å². The number of aromatic carboxylic acids is 1. The highest BCUT2D eigenvalue weighted by molar-refractivity contribution is 5.94. The molecule has 0 atom stereocenters. The van der Waals surface area contributed by atoms with E-state index in [0.29, 0.717) is 11.3 Å². The van der Waals surface area contributed by atoms with Gasteiger partial charge in [-0.3, -0.25) is 4.79 Å². The van der Waals surface area contributed by atoms with Crippen LogP contribution in [0.1, 0.15) is 34.6 Å². The molecule has 0 bridgehead atoms. The maximum atomic E-state index is 12.0. The maximum Gasteiger partial charge on any atom is 0.343 e. The largest absolute Gasteiger partial charge is 0.478 e. The molecule has 24 heavy (non-hydrogen) atoms. The van der Waals surface area contributed by atoms with Gasteiger partial charge in [0, 0.05) is 11.6 Å². The van der Waals surface area contributed by atoms with E-state index in [1.807, 2.05) is 0 Å². The van der Waals surface area contributed by atoms with E-state index >= 15 is 0 Å². The van der Waals surface area contributed by atoms with Crippen molar-refractivity contribution in [2.75, 3.05) is 5.32 Å². The number of rotatable bonds is 5. The minimum absolute atomic E-state index is 0.108. The molecule has 0 aromatic heterocycles. The molecule has 0 saturated carbocycles. The van der Waals surface area contributed by atoms with Crippen molar-refractivity contribution in [3.8, 4) is 5.75 Å². The van der Waals surface area contributed by atoms with Gasteiger partial charge in [-0.2, -0.15) is 0 Å². The molecular weight excluding hydrogens is 310 g/mol. The van der Waals surface area contributed by atoms with Gasteiger partial charge < -0.3 is 15.2 Å². The highest BCUT2D eigenvalue weighted by Gasteiger charge is 2.11. The van der Waals surface area contributed by atoms with E-state index in [9.17, 15) is 14.4 Å². The Labute approximate surface area is 139 Å². The van der Waals surface area contributed by atoms with Crippen LogP contribution >= 0.6 is 0 Å². The predicted molar refractivity (Wildman–Crippen MR) is 88.3 cm³/mol. The lowest BCUT2D eigenvalue weighted by atomic mass is 10.1. The lowest BCUT2D eigenvalue weighted by molar-refractivity contribution is -0.118. The summed E-state index contributed by atoms with van der Waals surface area (Å²) in [4.78, 5) is 34.4. The van der Waals surface area contributed by atoms with Crippen molar-refractivity contribution in [2.45, 2.75) is 13.8 Å². The van der Waals surface area contributed by atoms with Crippen molar-refractivity contribution in [3.63, 3.8) is 0 Å². The average Bonchev–Trinajstić information content (AvgIpc) is 2.55. The molecule has 0 aliphatic rings. The second-order valence-corrected chi connectivity index (χ2v) is 5.44. The first-order valence-electron chi connectivity index (χ1n) is 7.33. The molecule has 0 aliphatic heterocycles. The average molecular weight is 327 g/mol. The molecular formula is C18H17NO5. The molecule has 0 unspecified atom stereocenters. The van der Waals surface area contributed by atoms with Crippen LogP contribution in [-0.2, 0) is 4.79 Å². The molecule has 0 heterocycles. The van der Waals surface area contributed by atoms with Crippen molar-refractivity contribution in [1.29, 1.82) is 0 Å². The third-order valence-electron chi connectivity index (χ3n) is 3.22. The summed E-state index contributed by atoms with van der Waals surface area (Å²) in [7, 11) is 0. The summed E-state index contributed by atoms with van der Waals surface area (Å²) in [6, 6.07) is 11.9. The summed E-state index contributed by atoms with van der Waals surface area (Å²) in [5.74, 6) is -1.61. The van der Waals surface area contributed by atoms with Crippen LogP contribution in [0.5, 0.6) is 5.75 Å². The zero-order valence-corrected chi connectivity index (χ0v) is 13.3. The summed E-state index contributed by atoms with van der Waals surface area (Å²) >= 11 is 0. The molecule has 1 amide bonds. The van der Waals surface area contributed by atoms with Crippen LogP contribution in [0.25, 0.3) is 0 Å². The number of hydrogen-bond acceptors (Lipinski definition) is 4. The van der Waals surface area contributed by atoms with Crippen molar-refractivity contribution in [3.05, 3.63) is 59.7 Å². The molecule has 0 fully saturated rings. The lowest BCUT2D eigenvalue weighted by Crippen LogP contribution is -2.17. The van der Waals surface area contributed by atoms with Crippen LogP contribution in [0.4, 0.5) is 5.69 Å². The summed E-state index contributed by atoms with van der Waals surface area (Å²) in [5.41, 5.74) is 1.02. The van der Waals surface area contributed by atoms with E-state index in [4.69, 9.17) is 9.84 Å². The first kappa shape index (κ1) is 17.2. The predicted octanol–water partition coefficient (Wildman–Crippen LogP) is 3.20. The maximum absolute atomic E-state index is 12.0. The van der Waals surface area contributed by atoms with Gasteiger partial charge in [-0.05, 0) is 48.5 Å². The number of carboxylic acids is 1. The fourth-order valence-electron chi connectivity index (χ4n) is 1.81. The highest BCUT2D eigenvalue weighted by atomic mass is 16.5. The van der Waals surface area contributed by atoms with Gasteiger partial charge in [-0.15, -0.1) is 0 Å². The quantitative estimate of drug-likeness (QED) is 0.650.